The molecule has 45 heavy (non-hydrogen) atoms. The van der Waals surface area contributed by atoms with E-state index >= 15 is 4.39 Å². The van der Waals surface area contributed by atoms with Crippen molar-refractivity contribution in [3.8, 4) is 5.69 Å². The number of rotatable bonds is 7. The van der Waals surface area contributed by atoms with Gasteiger partial charge in [0.25, 0.3) is 11.5 Å². The number of carboxylic acid groups (broad SMARTS) is 1. The number of halogens is 4. The molecule has 1 fully saturated rings. The molecule has 2 N–H and O–H groups in total. The van der Waals surface area contributed by atoms with Gasteiger partial charge in [-0.25, -0.2) is 18.5 Å². The molecule has 4 heterocycles. The topological polar surface area (TPSA) is 149 Å². The molecule has 4 aromatic rings. The number of hydrogen-bond acceptors (Lipinski definition) is 8. The van der Waals surface area contributed by atoms with Crippen LogP contribution in [0.1, 0.15) is 21.6 Å². The van der Waals surface area contributed by atoms with Gasteiger partial charge in [-0.05, 0) is 42.8 Å². The van der Waals surface area contributed by atoms with Crippen LogP contribution < -0.4 is 21.5 Å². The quantitative estimate of drug-likeness (QED) is 0.293. The van der Waals surface area contributed by atoms with E-state index in [0.29, 0.717) is 5.52 Å². The first-order valence-electron chi connectivity index (χ1n) is 13.5. The number of carbonyl (C=O) groups is 2. The Balaban J connectivity index is 1.36. The first-order valence-corrected chi connectivity index (χ1v) is 13.5. The number of alkyl halides is 3. The fraction of sp³-hybridized carbons (Fsp3) is 0.310. The number of anilines is 1. The summed E-state index contributed by atoms with van der Waals surface area (Å²) in [4.78, 5) is 60.0. The molecular weight excluding hydrogens is 604 g/mol. The number of ether oxygens (including phenoxy) is 1. The van der Waals surface area contributed by atoms with Gasteiger partial charge in [0.15, 0.2) is 0 Å². The number of carboxylic acids is 1. The van der Waals surface area contributed by atoms with Gasteiger partial charge < -0.3 is 20.1 Å². The minimum atomic E-state index is -4.64. The highest BCUT2D eigenvalue weighted by Gasteiger charge is 2.45. The Bertz CT molecular complexity index is 1880. The maximum Gasteiger partial charge on any atom is 0.411 e. The fourth-order valence-electron chi connectivity index (χ4n) is 5.19. The van der Waals surface area contributed by atoms with E-state index in [2.05, 4.69) is 15.3 Å². The van der Waals surface area contributed by atoms with Gasteiger partial charge >= 0.3 is 17.8 Å². The molecule has 0 bridgehead atoms. The second-order valence-corrected chi connectivity index (χ2v) is 10.4. The third-order valence-corrected chi connectivity index (χ3v) is 7.49. The van der Waals surface area contributed by atoms with Crippen LogP contribution in [0.3, 0.4) is 0 Å². The second-order valence-electron chi connectivity index (χ2n) is 10.4. The summed E-state index contributed by atoms with van der Waals surface area (Å²) in [5.41, 5.74) is -1.26. The molecule has 0 radical (unpaired) electrons. The zero-order valence-electron chi connectivity index (χ0n) is 23.8. The highest BCUT2D eigenvalue weighted by atomic mass is 19.4. The number of fused-ring (bicyclic) bond motifs is 1. The molecule has 5 rings (SSSR count). The van der Waals surface area contributed by atoms with Crippen LogP contribution in [0.5, 0.6) is 0 Å². The van der Waals surface area contributed by atoms with E-state index < -0.39 is 59.4 Å². The van der Waals surface area contributed by atoms with Crippen molar-refractivity contribution in [3.05, 3.63) is 92.4 Å². The molecular formula is C29H26F4N6O6. The van der Waals surface area contributed by atoms with Gasteiger partial charge in [0, 0.05) is 37.6 Å². The van der Waals surface area contributed by atoms with E-state index in [9.17, 15) is 37.5 Å². The standard InChI is InChI=1S/C29H26F4N6O6/c1-15-9-18(38-7-8-45-14-23(38)29(31,32)33)11-20(30)24(15)25(40)36-21(27(42)43)10-16-3-4-17(12-35-16)39-26(41)19-5-6-34-13-22(19)37(2)28(39)44/h3-6,9,11-13,21,23H,7-8,10,14H2,1-2H3,(H,36,40)(H,42,43)/t21-,23+/m0/s1. The maximum absolute atomic E-state index is 15.2. The zero-order valence-corrected chi connectivity index (χ0v) is 23.8. The molecule has 3 aromatic heterocycles. The molecule has 1 amide bonds. The highest BCUT2D eigenvalue weighted by molar-refractivity contribution is 5.98. The molecule has 0 saturated carbocycles. The first-order chi connectivity index (χ1) is 21.3. The van der Waals surface area contributed by atoms with E-state index in [-0.39, 0.29) is 47.6 Å². The molecule has 1 aromatic carbocycles. The fourth-order valence-corrected chi connectivity index (χ4v) is 5.19. The van der Waals surface area contributed by atoms with Gasteiger partial charge in [0.2, 0.25) is 0 Å². The number of nitrogens with one attached hydrogen (secondary N) is 1. The molecule has 1 aliphatic heterocycles. The number of nitrogens with zero attached hydrogens (tertiary/aromatic N) is 5. The summed E-state index contributed by atoms with van der Waals surface area (Å²) in [6.45, 7) is 0.548. The summed E-state index contributed by atoms with van der Waals surface area (Å²) in [5, 5.41) is 12.3. The molecule has 16 heteroatoms. The van der Waals surface area contributed by atoms with Gasteiger partial charge in [-0.15, -0.1) is 0 Å². The van der Waals surface area contributed by atoms with Crippen molar-refractivity contribution in [1.29, 1.82) is 0 Å². The van der Waals surface area contributed by atoms with Crippen molar-refractivity contribution in [2.45, 2.75) is 31.6 Å². The van der Waals surface area contributed by atoms with Crippen molar-refractivity contribution in [3.63, 3.8) is 0 Å². The number of morpholine rings is 1. The van der Waals surface area contributed by atoms with Crippen LogP contribution in [-0.4, -0.2) is 74.1 Å². The van der Waals surface area contributed by atoms with Gasteiger partial charge in [-0.1, -0.05) is 0 Å². The second kappa shape index (κ2) is 12.1. The number of amides is 1. The Morgan fingerprint density at radius 3 is 2.56 bits per heavy atom. The predicted molar refractivity (Wildman–Crippen MR) is 152 cm³/mol. The van der Waals surface area contributed by atoms with Crippen LogP contribution >= 0.6 is 0 Å². The summed E-state index contributed by atoms with van der Waals surface area (Å²) < 4.78 is 62.9. The highest BCUT2D eigenvalue weighted by Crippen LogP contribution is 2.33. The third-order valence-electron chi connectivity index (χ3n) is 7.49. The lowest BCUT2D eigenvalue weighted by molar-refractivity contribution is -0.167. The lowest BCUT2D eigenvalue weighted by Crippen LogP contribution is -2.53. The van der Waals surface area contributed by atoms with Crippen LogP contribution in [0.2, 0.25) is 0 Å². The van der Waals surface area contributed by atoms with Crippen molar-refractivity contribution in [2.24, 2.45) is 7.05 Å². The van der Waals surface area contributed by atoms with Gasteiger partial charge in [-0.3, -0.25) is 24.1 Å². The van der Waals surface area contributed by atoms with Gasteiger partial charge in [-0.2, -0.15) is 13.2 Å². The Kier molecular flexibility index (Phi) is 8.42. The van der Waals surface area contributed by atoms with Crippen LogP contribution in [0, 0.1) is 12.7 Å². The van der Waals surface area contributed by atoms with Crippen molar-refractivity contribution in [2.75, 3.05) is 24.7 Å². The lowest BCUT2D eigenvalue weighted by Gasteiger charge is -2.38. The Labute approximate surface area is 251 Å². The molecule has 2 atom stereocenters. The number of aryl methyl sites for hydroxylation is 2. The van der Waals surface area contributed by atoms with Gasteiger partial charge in [0.1, 0.15) is 17.9 Å². The minimum absolute atomic E-state index is 0.000258. The van der Waals surface area contributed by atoms with Crippen LogP contribution in [-0.2, 0) is 23.0 Å². The third kappa shape index (κ3) is 6.13. The summed E-state index contributed by atoms with van der Waals surface area (Å²) in [7, 11) is 1.48. The average Bonchev–Trinajstić information content (AvgIpc) is 2.99. The number of pyridine rings is 2. The van der Waals surface area contributed by atoms with E-state index in [0.717, 1.165) is 15.5 Å². The van der Waals surface area contributed by atoms with Gasteiger partial charge in [0.05, 0.1) is 47.8 Å². The number of carbonyl (C=O) groups excluding carboxylic acids is 1. The molecule has 0 unspecified atom stereocenters. The monoisotopic (exact) mass is 630 g/mol. The van der Waals surface area contributed by atoms with E-state index in [4.69, 9.17) is 4.74 Å². The van der Waals surface area contributed by atoms with E-state index in [1.807, 2.05) is 0 Å². The van der Waals surface area contributed by atoms with Crippen molar-refractivity contribution >= 4 is 28.5 Å². The summed E-state index contributed by atoms with van der Waals surface area (Å²) in [6.07, 6.45) is -0.986. The normalized spacial score (nSPS) is 16.0. The number of benzene rings is 1. The summed E-state index contributed by atoms with van der Waals surface area (Å²) in [5.74, 6) is -3.67. The molecule has 0 aliphatic carbocycles. The van der Waals surface area contributed by atoms with Crippen molar-refractivity contribution in [1.82, 2.24) is 24.4 Å². The summed E-state index contributed by atoms with van der Waals surface area (Å²) in [6, 6.07) is 2.69. The maximum atomic E-state index is 15.2. The summed E-state index contributed by atoms with van der Waals surface area (Å²) >= 11 is 0. The zero-order chi connectivity index (χ0) is 32.6. The molecule has 236 valence electrons. The van der Waals surface area contributed by atoms with Crippen LogP contribution in [0.15, 0.2) is 58.5 Å². The van der Waals surface area contributed by atoms with E-state index in [1.54, 1.807) is 0 Å². The minimum Gasteiger partial charge on any atom is -0.480 e. The lowest BCUT2D eigenvalue weighted by atomic mass is 10.0. The van der Waals surface area contributed by atoms with Crippen LogP contribution in [0.4, 0.5) is 23.2 Å². The number of hydrogen-bond donors (Lipinski definition) is 2. The average molecular weight is 631 g/mol. The number of aromatic nitrogens is 4. The Hall–Kier alpha value is -5.12. The van der Waals surface area contributed by atoms with E-state index in [1.165, 1.54) is 61.4 Å². The largest absolute Gasteiger partial charge is 0.480 e. The van der Waals surface area contributed by atoms with Crippen molar-refractivity contribution < 1.29 is 37.0 Å². The predicted octanol–water partition coefficient (Wildman–Crippen LogP) is 2.12. The molecule has 1 saturated heterocycles. The molecule has 0 spiro atoms. The number of aliphatic carboxylic acids is 1. The Morgan fingerprint density at radius 2 is 1.91 bits per heavy atom. The SMILES string of the molecule is Cc1cc(N2CCOC[C@@H]2C(F)(F)F)cc(F)c1C(=O)N[C@@H](Cc1ccc(-n2c(=O)c3ccncc3n(C)c2=O)cn1)C(=O)O. The van der Waals surface area contributed by atoms with Crippen LogP contribution in [0.25, 0.3) is 16.6 Å². The molecule has 1 aliphatic rings. The first kappa shape index (κ1) is 31.3. The Morgan fingerprint density at radius 1 is 1.16 bits per heavy atom. The molecule has 12 nitrogen and oxygen atoms in total. The smallest absolute Gasteiger partial charge is 0.411 e.